The third-order valence-electron chi connectivity index (χ3n) is 6.40. The molecule has 0 saturated carbocycles. The molecule has 2 atom stereocenters. The number of amides is 1. The van der Waals surface area contributed by atoms with Crippen LogP contribution in [0.15, 0.2) is 71.7 Å². The highest BCUT2D eigenvalue weighted by Gasteiger charge is 2.37. The van der Waals surface area contributed by atoms with Crippen LogP contribution in [0.25, 0.3) is 11.1 Å². The van der Waals surface area contributed by atoms with Crippen molar-refractivity contribution in [2.45, 2.75) is 38.9 Å². The van der Waals surface area contributed by atoms with Gasteiger partial charge in [-0.05, 0) is 61.6 Å². The van der Waals surface area contributed by atoms with Gasteiger partial charge in [-0.2, -0.15) is 11.8 Å². The first-order chi connectivity index (χ1) is 19.1. The van der Waals surface area contributed by atoms with Crippen molar-refractivity contribution in [3.05, 3.63) is 83.0 Å². The summed E-state index contributed by atoms with van der Waals surface area (Å²) in [5.41, 5.74) is 4.90. The molecule has 4 rings (SSSR count). The summed E-state index contributed by atoms with van der Waals surface area (Å²) in [4.78, 5) is 37.5. The van der Waals surface area contributed by atoms with Crippen molar-refractivity contribution < 1.29 is 28.0 Å². The third-order valence-corrected chi connectivity index (χ3v) is 9.16. The van der Waals surface area contributed by atoms with Gasteiger partial charge in [-0.3, -0.25) is 9.10 Å². The number of nitrogens with zero attached hydrogens (tertiary/aromatic N) is 2. The largest absolute Gasteiger partial charge is 0.480 e. The molecule has 0 bridgehead atoms. The summed E-state index contributed by atoms with van der Waals surface area (Å²) in [6.07, 6.45) is 5.13. The maximum Gasteiger partial charge on any atom is 0.326 e. The van der Waals surface area contributed by atoms with Gasteiger partial charge in [0.15, 0.2) is 0 Å². The summed E-state index contributed by atoms with van der Waals surface area (Å²) < 4.78 is 29.3. The smallest absolute Gasteiger partial charge is 0.326 e. The Bertz CT molecular complexity index is 1490. The number of hydrogen-bond acceptors (Lipinski definition) is 8. The van der Waals surface area contributed by atoms with Crippen molar-refractivity contribution >= 4 is 39.3 Å². The highest BCUT2D eigenvalue weighted by atomic mass is 32.2. The molecule has 1 unspecified atom stereocenters. The van der Waals surface area contributed by atoms with E-state index in [1.165, 1.54) is 40.7 Å². The van der Waals surface area contributed by atoms with Crippen LogP contribution >= 0.6 is 11.8 Å². The Morgan fingerprint density at radius 2 is 1.98 bits per heavy atom. The summed E-state index contributed by atoms with van der Waals surface area (Å²) in [6.45, 7) is 3.22. The number of aromatic amines is 1. The minimum atomic E-state index is -4.10. The van der Waals surface area contributed by atoms with Gasteiger partial charge in [0.1, 0.15) is 16.7 Å². The SMILES string of the molecule is CSCC[C@H](NC(=O)c1ccc(N(Cc2cnc[nH]2)S(=O)(=O)C2=C(C)ONC2C)cc1-c1ccccc1)C(=O)O. The first kappa shape index (κ1) is 29.2. The van der Waals surface area contributed by atoms with Gasteiger partial charge in [-0.15, -0.1) is 5.48 Å². The number of aliphatic carboxylic acids is 1. The Morgan fingerprint density at radius 1 is 1.23 bits per heavy atom. The minimum absolute atomic E-state index is 0.0542. The van der Waals surface area contributed by atoms with E-state index >= 15 is 0 Å². The van der Waals surface area contributed by atoms with Crippen LogP contribution in [-0.2, 0) is 26.2 Å². The predicted octanol–water partition coefficient (Wildman–Crippen LogP) is 3.50. The average Bonchev–Trinajstić information content (AvgIpc) is 3.58. The number of aromatic nitrogens is 2. The molecule has 1 aliphatic heterocycles. The molecule has 3 aromatic rings. The highest BCUT2D eigenvalue weighted by Crippen LogP contribution is 2.34. The number of rotatable bonds is 12. The van der Waals surface area contributed by atoms with Gasteiger partial charge in [0, 0.05) is 11.8 Å². The van der Waals surface area contributed by atoms with E-state index in [0.717, 1.165) is 0 Å². The lowest BCUT2D eigenvalue weighted by molar-refractivity contribution is -0.139. The van der Waals surface area contributed by atoms with Crippen LogP contribution in [0.3, 0.4) is 0 Å². The molecule has 11 nitrogen and oxygen atoms in total. The molecule has 0 radical (unpaired) electrons. The summed E-state index contributed by atoms with van der Waals surface area (Å²) in [7, 11) is -4.10. The molecule has 2 heterocycles. The molecule has 13 heteroatoms. The Morgan fingerprint density at radius 3 is 2.58 bits per heavy atom. The van der Waals surface area contributed by atoms with E-state index in [0.29, 0.717) is 28.3 Å². The second kappa shape index (κ2) is 12.6. The maximum atomic E-state index is 14.0. The van der Waals surface area contributed by atoms with Crippen LogP contribution in [0.2, 0.25) is 0 Å². The van der Waals surface area contributed by atoms with Crippen molar-refractivity contribution in [3.8, 4) is 11.1 Å². The zero-order valence-corrected chi connectivity index (χ0v) is 23.9. The zero-order valence-electron chi connectivity index (χ0n) is 22.2. The lowest BCUT2D eigenvalue weighted by atomic mass is 9.98. The lowest BCUT2D eigenvalue weighted by Crippen LogP contribution is -2.41. The second-order valence-electron chi connectivity index (χ2n) is 9.19. The van der Waals surface area contributed by atoms with Crippen molar-refractivity contribution in [1.29, 1.82) is 0 Å². The van der Waals surface area contributed by atoms with Crippen molar-refractivity contribution in [3.63, 3.8) is 0 Å². The molecule has 40 heavy (non-hydrogen) atoms. The summed E-state index contributed by atoms with van der Waals surface area (Å²) in [5, 5.41) is 12.3. The first-order valence-corrected chi connectivity index (χ1v) is 15.3. The number of carbonyl (C=O) groups is 2. The van der Waals surface area contributed by atoms with Crippen LogP contribution in [0, 0.1) is 0 Å². The standard InChI is InChI=1S/C27H31N5O6S2/c1-17-25(18(2)38-31-17)40(36,37)32(15-20-14-28-16-29-20)21-9-10-22(23(13-21)19-7-5-4-6-8-19)26(33)30-24(27(34)35)11-12-39-3/h4-10,13-14,16-17,24,31H,11-12,15H2,1-3H3,(H,28,29)(H,30,33)(H,34,35)/t17?,24-/m0/s1. The fourth-order valence-electron chi connectivity index (χ4n) is 4.42. The number of allylic oxidation sites excluding steroid dienone is 1. The van der Waals surface area contributed by atoms with Crippen molar-refractivity contribution in [2.75, 3.05) is 16.3 Å². The Hall–Kier alpha value is -3.81. The molecule has 1 aliphatic rings. The van der Waals surface area contributed by atoms with E-state index in [1.807, 2.05) is 12.3 Å². The van der Waals surface area contributed by atoms with Crippen LogP contribution in [0.5, 0.6) is 0 Å². The van der Waals surface area contributed by atoms with Crippen LogP contribution < -0.4 is 15.1 Å². The fourth-order valence-corrected chi connectivity index (χ4v) is 6.73. The highest BCUT2D eigenvalue weighted by molar-refractivity contribution is 7.98. The summed E-state index contributed by atoms with van der Waals surface area (Å²) in [6, 6.07) is 12.1. The molecular formula is C27H31N5O6S2. The van der Waals surface area contributed by atoms with Crippen molar-refractivity contribution in [2.24, 2.45) is 0 Å². The van der Waals surface area contributed by atoms with E-state index in [9.17, 15) is 23.1 Å². The number of imidazole rings is 1. The van der Waals surface area contributed by atoms with Gasteiger partial charge in [-0.1, -0.05) is 30.3 Å². The molecule has 0 saturated heterocycles. The number of carboxylic acids is 1. The minimum Gasteiger partial charge on any atom is -0.480 e. The average molecular weight is 586 g/mol. The monoisotopic (exact) mass is 585 g/mol. The molecule has 1 aromatic heterocycles. The number of hydroxylamine groups is 1. The molecule has 0 spiro atoms. The van der Waals surface area contributed by atoms with Gasteiger partial charge in [0.05, 0.1) is 30.3 Å². The number of thioether (sulfide) groups is 1. The third kappa shape index (κ3) is 6.32. The summed E-state index contributed by atoms with van der Waals surface area (Å²) in [5.74, 6) is -0.884. The van der Waals surface area contributed by atoms with Crippen LogP contribution in [0.4, 0.5) is 5.69 Å². The number of carbonyl (C=O) groups excluding carboxylic acids is 1. The number of hydrogen-bond donors (Lipinski definition) is 4. The number of nitrogens with one attached hydrogen (secondary N) is 3. The van der Waals surface area contributed by atoms with Crippen LogP contribution in [-0.4, -0.2) is 59.5 Å². The molecular weight excluding hydrogens is 554 g/mol. The normalized spacial score (nSPS) is 15.9. The number of benzene rings is 2. The Labute approximate surface area is 237 Å². The molecule has 2 aromatic carbocycles. The van der Waals surface area contributed by atoms with Crippen molar-refractivity contribution in [1.82, 2.24) is 20.8 Å². The van der Waals surface area contributed by atoms with Gasteiger partial charge < -0.3 is 20.2 Å². The van der Waals surface area contributed by atoms with E-state index in [1.54, 1.807) is 44.2 Å². The Kier molecular flexibility index (Phi) is 9.17. The molecule has 4 N–H and O–H groups in total. The molecule has 1 amide bonds. The molecule has 0 fully saturated rings. The lowest BCUT2D eigenvalue weighted by Gasteiger charge is -2.26. The number of carboxylic acid groups (broad SMARTS) is 1. The van der Waals surface area contributed by atoms with Gasteiger partial charge in [0.25, 0.3) is 15.9 Å². The van der Waals surface area contributed by atoms with E-state index < -0.39 is 34.0 Å². The van der Waals surface area contributed by atoms with E-state index in [4.69, 9.17) is 4.84 Å². The molecule has 0 aliphatic carbocycles. The molecule has 212 valence electrons. The topological polar surface area (TPSA) is 154 Å². The fraction of sp³-hybridized carbons (Fsp3) is 0.296. The number of anilines is 1. The van der Waals surface area contributed by atoms with E-state index in [2.05, 4.69) is 20.8 Å². The summed E-state index contributed by atoms with van der Waals surface area (Å²) >= 11 is 1.49. The quantitative estimate of drug-likeness (QED) is 0.250. The second-order valence-corrected chi connectivity index (χ2v) is 12.0. The maximum absolute atomic E-state index is 14.0. The predicted molar refractivity (Wildman–Crippen MR) is 154 cm³/mol. The number of H-pyrrole nitrogens is 1. The van der Waals surface area contributed by atoms with Gasteiger partial charge in [-0.25, -0.2) is 18.2 Å². The zero-order chi connectivity index (χ0) is 28.9. The van der Waals surface area contributed by atoms with Crippen LogP contribution in [0.1, 0.15) is 36.3 Å². The number of sulfonamides is 1. The Balaban J connectivity index is 1.82. The van der Waals surface area contributed by atoms with E-state index in [-0.39, 0.29) is 29.2 Å². The van der Waals surface area contributed by atoms with Gasteiger partial charge in [0.2, 0.25) is 0 Å². The van der Waals surface area contributed by atoms with Gasteiger partial charge >= 0.3 is 5.97 Å². The first-order valence-electron chi connectivity index (χ1n) is 12.5.